The fraction of sp³-hybridized carbons (Fsp3) is 0.417. The summed E-state index contributed by atoms with van der Waals surface area (Å²) in [5, 5.41) is 0. The molecule has 0 aliphatic carbocycles. The van der Waals surface area contributed by atoms with E-state index < -0.39 is 12.4 Å². The maximum atomic E-state index is 12.8. The lowest BCUT2D eigenvalue weighted by atomic mass is 10.1. The monoisotopic (exact) mass is 244 g/mol. The van der Waals surface area contributed by atoms with Crippen molar-refractivity contribution in [3.05, 3.63) is 29.3 Å². The molecule has 0 fully saturated rings. The molecule has 0 heterocycles. The van der Waals surface area contributed by atoms with Crippen LogP contribution in [0.5, 0.6) is 5.75 Å². The molecule has 0 spiro atoms. The number of ether oxygens (including phenoxy) is 2. The van der Waals surface area contributed by atoms with E-state index in [2.05, 4.69) is 4.74 Å². The number of rotatable bonds is 4. The first-order valence-electron chi connectivity index (χ1n) is 5.12. The van der Waals surface area contributed by atoms with Gasteiger partial charge in [0.25, 0.3) is 6.43 Å². The maximum Gasteiger partial charge on any atom is 0.337 e. The van der Waals surface area contributed by atoms with Gasteiger partial charge in [0.15, 0.2) is 0 Å². The van der Waals surface area contributed by atoms with Gasteiger partial charge in [0.2, 0.25) is 0 Å². The van der Waals surface area contributed by atoms with E-state index >= 15 is 0 Å². The Labute approximate surface area is 98.3 Å². The molecule has 1 rings (SSSR count). The van der Waals surface area contributed by atoms with E-state index in [1.807, 2.05) is 0 Å². The molecular formula is C12H14F2O3. The Kier molecular flexibility index (Phi) is 4.43. The highest BCUT2D eigenvalue weighted by Crippen LogP contribution is 2.30. The molecule has 5 heteroatoms. The Balaban J connectivity index is 3.12. The van der Waals surface area contributed by atoms with Crippen molar-refractivity contribution in [2.45, 2.75) is 26.4 Å². The van der Waals surface area contributed by atoms with Gasteiger partial charge in [0.05, 0.1) is 24.3 Å². The second-order valence-corrected chi connectivity index (χ2v) is 3.71. The van der Waals surface area contributed by atoms with Gasteiger partial charge in [-0.2, -0.15) is 0 Å². The number of benzene rings is 1. The summed E-state index contributed by atoms with van der Waals surface area (Å²) in [6, 6.07) is 3.84. The first kappa shape index (κ1) is 13.4. The van der Waals surface area contributed by atoms with Gasteiger partial charge < -0.3 is 9.47 Å². The number of halogens is 2. The van der Waals surface area contributed by atoms with Crippen molar-refractivity contribution in [3.8, 4) is 5.75 Å². The van der Waals surface area contributed by atoms with Crippen molar-refractivity contribution in [1.82, 2.24) is 0 Å². The Morgan fingerprint density at radius 2 is 1.94 bits per heavy atom. The molecule has 0 amide bonds. The first-order valence-corrected chi connectivity index (χ1v) is 5.12. The van der Waals surface area contributed by atoms with Crippen LogP contribution >= 0.6 is 0 Å². The van der Waals surface area contributed by atoms with E-state index in [-0.39, 0.29) is 23.0 Å². The standard InChI is InChI=1S/C12H14F2O3/c1-7(2)17-10-5-4-8(12(15)16-3)6-9(10)11(13)14/h4-7,11H,1-3H3. The van der Waals surface area contributed by atoms with Gasteiger partial charge in [-0.1, -0.05) is 0 Å². The van der Waals surface area contributed by atoms with Crippen molar-refractivity contribution in [1.29, 1.82) is 0 Å². The van der Waals surface area contributed by atoms with Crippen molar-refractivity contribution in [2.75, 3.05) is 7.11 Å². The molecule has 94 valence electrons. The molecule has 0 bridgehead atoms. The van der Waals surface area contributed by atoms with Crippen LogP contribution in [0.1, 0.15) is 36.2 Å². The summed E-state index contributed by atoms with van der Waals surface area (Å²) >= 11 is 0. The SMILES string of the molecule is COC(=O)c1ccc(OC(C)C)c(C(F)F)c1. The number of alkyl halides is 2. The third-order valence-corrected chi connectivity index (χ3v) is 2.03. The van der Waals surface area contributed by atoms with E-state index in [9.17, 15) is 13.6 Å². The Hall–Kier alpha value is -1.65. The average molecular weight is 244 g/mol. The average Bonchev–Trinajstić information content (AvgIpc) is 2.27. The number of carbonyl (C=O) groups is 1. The van der Waals surface area contributed by atoms with Crippen molar-refractivity contribution in [3.63, 3.8) is 0 Å². The van der Waals surface area contributed by atoms with E-state index in [0.717, 1.165) is 6.07 Å². The number of hydrogen-bond acceptors (Lipinski definition) is 3. The molecule has 0 N–H and O–H groups in total. The molecule has 17 heavy (non-hydrogen) atoms. The summed E-state index contributed by atoms with van der Waals surface area (Å²) in [5.74, 6) is -0.564. The van der Waals surface area contributed by atoms with Crippen molar-refractivity contribution in [2.24, 2.45) is 0 Å². The van der Waals surface area contributed by atoms with Crippen LogP contribution in [0, 0.1) is 0 Å². The molecule has 0 radical (unpaired) electrons. The highest BCUT2D eigenvalue weighted by Gasteiger charge is 2.18. The number of esters is 1. The molecule has 1 aromatic carbocycles. The Morgan fingerprint density at radius 3 is 2.41 bits per heavy atom. The highest BCUT2D eigenvalue weighted by atomic mass is 19.3. The molecule has 0 aliphatic heterocycles. The zero-order valence-electron chi connectivity index (χ0n) is 9.87. The van der Waals surface area contributed by atoms with E-state index in [1.165, 1.54) is 19.2 Å². The first-order chi connectivity index (χ1) is 7.95. The van der Waals surface area contributed by atoms with Crippen LogP contribution in [0.3, 0.4) is 0 Å². The van der Waals surface area contributed by atoms with Crippen LogP contribution in [-0.4, -0.2) is 19.2 Å². The third kappa shape index (κ3) is 3.41. The maximum absolute atomic E-state index is 12.8. The van der Waals surface area contributed by atoms with Crippen LogP contribution in [0.15, 0.2) is 18.2 Å². The van der Waals surface area contributed by atoms with Gasteiger partial charge in [-0.05, 0) is 32.0 Å². The van der Waals surface area contributed by atoms with Crippen LogP contribution in [-0.2, 0) is 4.74 Å². The summed E-state index contributed by atoms with van der Waals surface area (Å²) in [6.45, 7) is 3.48. The largest absolute Gasteiger partial charge is 0.491 e. The fourth-order valence-electron chi connectivity index (χ4n) is 1.33. The summed E-state index contributed by atoms with van der Waals surface area (Å²) in [4.78, 5) is 11.2. The third-order valence-electron chi connectivity index (χ3n) is 2.03. The topological polar surface area (TPSA) is 35.5 Å². The smallest absolute Gasteiger partial charge is 0.337 e. The summed E-state index contributed by atoms with van der Waals surface area (Å²) in [5.41, 5.74) is -0.222. The molecule has 0 aromatic heterocycles. The molecular weight excluding hydrogens is 230 g/mol. The molecule has 0 saturated heterocycles. The lowest BCUT2D eigenvalue weighted by Crippen LogP contribution is -2.09. The van der Waals surface area contributed by atoms with Crippen LogP contribution < -0.4 is 4.74 Å². The summed E-state index contributed by atoms with van der Waals surface area (Å²) in [7, 11) is 1.20. The van der Waals surface area contributed by atoms with E-state index in [4.69, 9.17) is 4.74 Å². The van der Waals surface area contributed by atoms with Gasteiger partial charge in [0.1, 0.15) is 5.75 Å². The number of carbonyl (C=O) groups excluding carboxylic acids is 1. The second-order valence-electron chi connectivity index (χ2n) is 3.71. The lowest BCUT2D eigenvalue weighted by Gasteiger charge is -2.14. The zero-order chi connectivity index (χ0) is 13.0. The van der Waals surface area contributed by atoms with Crippen LogP contribution in [0.25, 0.3) is 0 Å². The lowest BCUT2D eigenvalue weighted by molar-refractivity contribution is 0.0600. The van der Waals surface area contributed by atoms with Crippen molar-refractivity contribution < 1.29 is 23.0 Å². The van der Waals surface area contributed by atoms with Crippen LogP contribution in [0.2, 0.25) is 0 Å². The van der Waals surface area contributed by atoms with E-state index in [1.54, 1.807) is 13.8 Å². The predicted octanol–water partition coefficient (Wildman–Crippen LogP) is 3.20. The van der Waals surface area contributed by atoms with Gasteiger partial charge in [-0.3, -0.25) is 0 Å². The molecule has 0 saturated carbocycles. The second kappa shape index (κ2) is 5.61. The summed E-state index contributed by atoms with van der Waals surface area (Å²) in [6.07, 6.45) is -2.91. The van der Waals surface area contributed by atoms with Gasteiger partial charge in [0, 0.05) is 0 Å². The van der Waals surface area contributed by atoms with Crippen molar-refractivity contribution >= 4 is 5.97 Å². The number of hydrogen-bond donors (Lipinski definition) is 0. The van der Waals surface area contributed by atoms with E-state index in [0.29, 0.717) is 0 Å². The molecule has 0 aliphatic rings. The number of methoxy groups -OCH3 is 1. The molecule has 1 aromatic rings. The molecule has 3 nitrogen and oxygen atoms in total. The van der Waals surface area contributed by atoms with Gasteiger partial charge in [-0.25, -0.2) is 13.6 Å². The molecule has 0 unspecified atom stereocenters. The zero-order valence-corrected chi connectivity index (χ0v) is 9.87. The van der Waals surface area contributed by atoms with Gasteiger partial charge in [-0.15, -0.1) is 0 Å². The van der Waals surface area contributed by atoms with Crippen LogP contribution in [0.4, 0.5) is 8.78 Å². The van der Waals surface area contributed by atoms with Gasteiger partial charge >= 0.3 is 5.97 Å². The fourth-order valence-corrected chi connectivity index (χ4v) is 1.33. The minimum Gasteiger partial charge on any atom is -0.491 e. The quantitative estimate of drug-likeness (QED) is 0.763. The normalized spacial score (nSPS) is 10.8. The Bertz CT molecular complexity index is 403. The molecule has 0 atom stereocenters. The Morgan fingerprint density at radius 1 is 1.29 bits per heavy atom. The summed E-state index contributed by atoms with van der Waals surface area (Å²) < 4.78 is 35.3. The minimum atomic E-state index is -2.70. The highest BCUT2D eigenvalue weighted by molar-refractivity contribution is 5.89. The minimum absolute atomic E-state index is 0.0823. The predicted molar refractivity (Wildman–Crippen MR) is 58.5 cm³/mol.